The van der Waals surface area contributed by atoms with E-state index in [1.165, 1.54) is 6.07 Å². The Bertz CT molecular complexity index is 1060. The second kappa shape index (κ2) is 8.61. The van der Waals surface area contributed by atoms with Gasteiger partial charge in [-0.25, -0.2) is 9.18 Å². The van der Waals surface area contributed by atoms with Crippen LogP contribution in [0.4, 0.5) is 26.2 Å². The number of hydrogen-bond acceptors (Lipinski definition) is 5. The highest BCUT2D eigenvalue weighted by molar-refractivity contribution is 6.12. The number of fused-ring (bicyclic) bond motifs is 1. The number of carbonyl (C=O) groups is 2. The lowest BCUT2D eigenvalue weighted by atomic mass is 10.0. The molecule has 8 heteroatoms. The molecule has 7 nitrogen and oxygen atoms in total. The molecule has 1 saturated heterocycles. The molecule has 2 aliphatic heterocycles. The van der Waals surface area contributed by atoms with E-state index in [2.05, 4.69) is 15.6 Å². The average Bonchev–Trinajstić information content (AvgIpc) is 3.31. The maximum atomic E-state index is 14.7. The number of aliphatic imine (C=N–C) groups is 1. The molecule has 4 rings (SSSR count). The molecule has 0 bridgehead atoms. The largest absolute Gasteiger partial charge is 0.444 e. The lowest BCUT2D eigenvalue weighted by molar-refractivity contribution is -0.115. The van der Waals surface area contributed by atoms with Crippen LogP contribution < -0.4 is 10.6 Å². The van der Waals surface area contributed by atoms with Gasteiger partial charge in [-0.05, 0) is 51.0 Å². The van der Waals surface area contributed by atoms with Crippen LogP contribution in [0.15, 0.2) is 47.5 Å². The SMILES string of the molecule is CC(C)(C)OC(=O)N1CCC(Nc2ccc(N=CC3C(=O)Nc4ccccc43)cc2F)C1. The molecule has 0 spiro atoms. The third kappa shape index (κ3) is 4.90. The van der Waals surface area contributed by atoms with Crippen LogP contribution in [0.25, 0.3) is 0 Å². The lowest BCUT2D eigenvalue weighted by Crippen LogP contribution is -2.36. The molecule has 1 fully saturated rings. The molecule has 2 atom stereocenters. The summed E-state index contributed by atoms with van der Waals surface area (Å²) in [6.07, 6.45) is 1.89. The minimum atomic E-state index is -0.549. The van der Waals surface area contributed by atoms with Crippen LogP contribution in [-0.2, 0) is 9.53 Å². The molecule has 32 heavy (non-hydrogen) atoms. The maximum Gasteiger partial charge on any atom is 0.410 e. The Labute approximate surface area is 186 Å². The smallest absolute Gasteiger partial charge is 0.410 e. The molecule has 2 aromatic rings. The van der Waals surface area contributed by atoms with Crippen molar-refractivity contribution in [1.82, 2.24) is 4.90 Å². The van der Waals surface area contributed by atoms with Crippen LogP contribution in [0, 0.1) is 5.82 Å². The predicted molar refractivity (Wildman–Crippen MR) is 122 cm³/mol. The second-order valence-corrected chi connectivity index (χ2v) is 9.05. The van der Waals surface area contributed by atoms with Crippen LogP contribution >= 0.6 is 0 Å². The van der Waals surface area contributed by atoms with Crippen LogP contribution in [0.1, 0.15) is 38.7 Å². The first kappa shape index (κ1) is 21.8. The van der Waals surface area contributed by atoms with Gasteiger partial charge in [0.15, 0.2) is 0 Å². The third-order valence-corrected chi connectivity index (χ3v) is 5.36. The van der Waals surface area contributed by atoms with E-state index >= 15 is 0 Å². The van der Waals surface area contributed by atoms with Crippen molar-refractivity contribution >= 4 is 35.3 Å². The fourth-order valence-corrected chi connectivity index (χ4v) is 3.83. The van der Waals surface area contributed by atoms with Crippen molar-refractivity contribution in [2.24, 2.45) is 4.99 Å². The number of hydrogen-bond donors (Lipinski definition) is 2. The summed E-state index contributed by atoms with van der Waals surface area (Å²) >= 11 is 0. The minimum Gasteiger partial charge on any atom is -0.444 e. The number of carbonyl (C=O) groups excluding carboxylic acids is 2. The highest BCUT2D eigenvalue weighted by atomic mass is 19.1. The van der Waals surface area contributed by atoms with Gasteiger partial charge in [-0.2, -0.15) is 0 Å². The molecule has 2 N–H and O–H groups in total. The van der Waals surface area contributed by atoms with Gasteiger partial charge in [0, 0.05) is 37.1 Å². The molecular weight excluding hydrogens is 411 g/mol. The Morgan fingerprint density at radius 2 is 2.06 bits per heavy atom. The topological polar surface area (TPSA) is 83.0 Å². The average molecular weight is 439 g/mol. The highest BCUT2D eigenvalue weighted by Gasteiger charge is 2.30. The Kier molecular flexibility index (Phi) is 5.86. The van der Waals surface area contributed by atoms with Crippen LogP contribution in [0.3, 0.4) is 0 Å². The first-order valence-corrected chi connectivity index (χ1v) is 10.7. The number of ether oxygens (including phenoxy) is 1. The molecule has 2 aliphatic rings. The fourth-order valence-electron chi connectivity index (χ4n) is 3.83. The van der Waals surface area contributed by atoms with E-state index in [9.17, 15) is 14.0 Å². The number of halogens is 1. The summed E-state index contributed by atoms with van der Waals surface area (Å²) in [5.74, 6) is -1.08. The van der Waals surface area contributed by atoms with Crippen LogP contribution in [0.2, 0.25) is 0 Å². The summed E-state index contributed by atoms with van der Waals surface area (Å²) in [6, 6.07) is 12.0. The van der Waals surface area contributed by atoms with E-state index in [1.807, 2.05) is 45.0 Å². The maximum absolute atomic E-state index is 14.7. The molecule has 0 aromatic heterocycles. The van der Waals surface area contributed by atoms with Gasteiger partial charge in [0.05, 0.1) is 11.4 Å². The highest BCUT2D eigenvalue weighted by Crippen LogP contribution is 2.32. The zero-order chi connectivity index (χ0) is 22.9. The monoisotopic (exact) mass is 438 g/mol. The number of benzene rings is 2. The van der Waals surface area contributed by atoms with Gasteiger partial charge in [-0.1, -0.05) is 18.2 Å². The molecule has 0 aliphatic carbocycles. The van der Waals surface area contributed by atoms with Gasteiger partial charge < -0.3 is 20.3 Å². The van der Waals surface area contributed by atoms with Crippen molar-refractivity contribution in [2.45, 2.75) is 44.8 Å². The number of anilines is 2. The quantitative estimate of drug-likeness (QED) is 0.679. The predicted octanol–water partition coefficient (Wildman–Crippen LogP) is 4.69. The van der Waals surface area contributed by atoms with E-state index in [4.69, 9.17) is 4.74 Å². The standard InChI is InChI=1S/C24H27FN4O3/c1-24(2,3)32-23(31)29-11-10-16(14-29)27-21-9-8-15(12-19(21)25)26-13-18-17-6-4-5-7-20(17)28-22(18)30/h4-9,12-13,16,18,27H,10-11,14H2,1-3H3,(H,28,30). The summed E-state index contributed by atoms with van der Waals surface area (Å²) in [4.78, 5) is 30.4. The van der Waals surface area contributed by atoms with E-state index in [1.54, 1.807) is 23.2 Å². The van der Waals surface area contributed by atoms with Crippen molar-refractivity contribution in [2.75, 3.05) is 23.7 Å². The summed E-state index contributed by atoms with van der Waals surface area (Å²) in [6.45, 7) is 6.49. The van der Waals surface area contributed by atoms with Crippen LogP contribution in [-0.4, -0.2) is 47.8 Å². The molecule has 0 saturated carbocycles. The first-order chi connectivity index (χ1) is 15.2. The lowest BCUT2D eigenvalue weighted by Gasteiger charge is -2.24. The molecule has 2 heterocycles. The molecule has 2 amide bonds. The van der Waals surface area contributed by atoms with Gasteiger partial charge in [0.25, 0.3) is 0 Å². The second-order valence-electron chi connectivity index (χ2n) is 9.05. The number of likely N-dealkylation sites (tertiary alicyclic amines) is 1. The first-order valence-electron chi connectivity index (χ1n) is 10.7. The zero-order valence-corrected chi connectivity index (χ0v) is 18.4. The molecule has 2 aromatic carbocycles. The zero-order valence-electron chi connectivity index (χ0n) is 18.4. The molecule has 2 unspecified atom stereocenters. The number of rotatable bonds is 4. The van der Waals surface area contributed by atoms with Gasteiger partial charge in [0.1, 0.15) is 17.3 Å². The Morgan fingerprint density at radius 1 is 1.28 bits per heavy atom. The van der Waals surface area contributed by atoms with Crippen molar-refractivity contribution in [3.8, 4) is 0 Å². The van der Waals surface area contributed by atoms with Gasteiger partial charge in [-0.3, -0.25) is 9.79 Å². The molecule has 168 valence electrons. The van der Waals surface area contributed by atoms with Crippen molar-refractivity contribution in [3.05, 3.63) is 53.8 Å². The molecule has 0 radical (unpaired) electrons. The third-order valence-electron chi connectivity index (χ3n) is 5.36. The normalized spacial score (nSPS) is 20.4. The van der Waals surface area contributed by atoms with E-state index < -0.39 is 17.3 Å². The minimum absolute atomic E-state index is 0.0648. The van der Waals surface area contributed by atoms with E-state index in [-0.39, 0.29) is 18.0 Å². The Morgan fingerprint density at radius 3 is 2.81 bits per heavy atom. The molecular formula is C24H27FN4O3. The summed E-state index contributed by atoms with van der Waals surface area (Å²) < 4.78 is 20.1. The van der Waals surface area contributed by atoms with Gasteiger partial charge in [0.2, 0.25) is 5.91 Å². The van der Waals surface area contributed by atoms with E-state index in [0.29, 0.717) is 30.9 Å². The summed E-state index contributed by atoms with van der Waals surface area (Å²) in [5.41, 5.74) is 1.86. The number of amides is 2. The Hall–Kier alpha value is -3.42. The van der Waals surface area contributed by atoms with Crippen molar-refractivity contribution in [3.63, 3.8) is 0 Å². The number of para-hydroxylation sites is 1. The number of nitrogens with zero attached hydrogens (tertiary/aromatic N) is 2. The van der Waals surface area contributed by atoms with Crippen LogP contribution in [0.5, 0.6) is 0 Å². The Balaban J connectivity index is 1.38. The summed E-state index contributed by atoms with van der Waals surface area (Å²) in [5, 5.41) is 5.98. The van der Waals surface area contributed by atoms with E-state index in [0.717, 1.165) is 11.3 Å². The number of nitrogens with one attached hydrogen (secondary N) is 2. The fraction of sp³-hybridized carbons (Fsp3) is 0.375. The summed E-state index contributed by atoms with van der Waals surface area (Å²) in [7, 11) is 0. The van der Waals surface area contributed by atoms with Gasteiger partial charge >= 0.3 is 6.09 Å². The van der Waals surface area contributed by atoms with Crippen molar-refractivity contribution in [1.29, 1.82) is 0 Å². The van der Waals surface area contributed by atoms with Crippen molar-refractivity contribution < 1.29 is 18.7 Å². The van der Waals surface area contributed by atoms with Gasteiger partial charge in [-0.15, -0.1) is 0 Å².